The smallest absolute Gasteiger partial charge is 0.233 e. The molecule has 1 fully saturated rings. The first kappa shape index (κ1) is 22.0. The van der Waals surface area contributed by atoms with Gasteiger partial charge in [0.15, 0.2) is 5.16 Å². The van der Waals surface area contributed by atoms with Crippen LogP contribution in [0, 0.1) is 12.7 Å². The molecular formula is C22H21FN8O2S. The number of hydrogen-bond donors (Lipinski definition) is 0. The van der Waals surface area contributed by atoms with Gasteiger partial charge in [0.05, 0.1) is 42.7 Å². The average molecular weight is 481 g/mol. The Labute approximate surface area is 198 Å². The minimum Gasteiger partial charge on any atom is -0.497 e. The van der Waals surface area contributed by atoms with Gasteiger partial charge in [0, 0.05) is 19.2 Å². The van der Waals surface area contributed by atoms with E-state index in [0.29, 0.717) is 29.6 Å². The summed E-state index contributed by atoms with van der Waals surface area (Å²) in [7, 11) is 1.62. The highest BCUT2D eigenvalue weighted by Gasteiger charge is 2.33. The van der Waals surface area contributed by atoms with Crippen LogP contribution in [0.1, 0.15) is 11.9 Å². The van der Waals surface area contributed by atoms with E-state index in [4.69, 9.17) is 4.74 Å². The lowest BCUT2D eigenvalue weighted by Gasteiger charge is -2.38. The fraction of sp³-hybridized carbons (Fsp3) is 0.273. The number of hydrogen-bond acceptors (Lipinski definition) is 8. The zero-order valence-corrected chi connectivity index (χ0v) is 19.3. The molecule has 34 heavy (non-hydrogen) atoms. The lowest BCUT2D eigenvalue weighted by atomic mass is 10.1. The van der Waals surface area contributed by atoms with Gasteiger partial charge in [-0.2, -0.15) is 0 Å². The van der Waals surface area contributed by atoms with Gasteiger partial charge in [-0.25, -0.2) is 9.07 Å². The third-order valence-electron chi connectivity index (χ3n) is 5.52. The number of pyridine rings is 1. The molecule has 174 valence electrons. The minimum absolute atomic E-state index is 0.0136. The summed E-state index contributed by atoms with van der Waals surface area (Å²) in [6.07, 6.45) is 2.91. The molecule has 4 heterocycles. The zero-order chi connectivity index (χ0) is 23.7. The van der Waals surface area contributed by atoms with E-state index in [1.165, 1.54) is 17.8 Å². The Balaban J connectivity index is 1.18. The van der Waals surface area contributed by atoms with E-state index in [9.17, 15) is 9.18 Å². The van der Waals surface area contributed by atoms with E-state index in [2.05, 4.69) is 25.5 Å². The number of carbonyl (C=O) groups excluding carboxylic acids is 1. The Bertz CT molecular complexity index is 1320. The Kier molecular flexibility index (Phi) is 5.97. The van der Waals surface area contributed by atoms with E-state index in [1.807, 2.05) is 35.8 Å². The number of aromatic nitrogens is 7. The maximum atomic E-state index is 13.1. The Morgan fingerprint density at radius 2 is 2.03 bits per heavy atom. The Hall–Kier alpha value is -3.80. The second-order valence-electron chi connectivity index (χ2n) is 7.75. The van der Waals surface area contributed by atoms with E-state index in [0.717, 1.165) is 23.5 Å². The standard InChI is InChI=1S/C22H21FN8O2S/c1-14-25-27-22(31(14)16-4-3-5-18(8-16)33-2)34-13-21(32)29-10-17(11-29)30-12-20(26-28-30)19-7-6-15(23)9-24-19/h3-9,12,17H,10-11,13H2,1-2H3. The Morgan fingerprint density at radius 3 is 2.79 bits per heavy atom. The molecule has 0 bridgehead atoms. The van der Waals surface area contributed by atoms with Crippen molar-refractivity contribution in [3.8, 4) is 22.8 Å². The van der Waals surface area contributed by atoms with Crippen LogP contribution in [0.25, 0.3) is 17.1 Å². The monoisotopic (exact) mass is 480 g/mol. The van der Waals surface area contributed by atoms with Gasteiger partial charge >= 0.3 is 0 Å². The lowest BCUT2D eigenvalue weighted by Crippen LogP contribution is -2.51. The molecule has 0 spiro atoms. The van der Waals surface area contributed by atoms with E-state index in [1.54, 1.807) is 29.0 Å². The van der Waals surface area contributed by atoms with Gasteiger partial charge in [0.2, 0.25) is 5.91 Å². The van der Waals surface area contributed by atoms with Crippen LogP contribution >= 0.6 is 11.8 Å². The number of thioether (sulfide) groups is 1. The number of aryl methyl sites for hydroxylation is 1. The first-order valence-corrected chi connectivity index (χ1v) is 11.5. The Morgan fingerprint density at radius 1 is 1.18 bits per heavy atom. The maximum absolute atomic E-state index is 13.1. The first-order valence-electron chi connectivity index (χ1n) is 10.5. The van der Waals surface area contributed by atoms with Crippen molar-refractivity contribution < 1.29 is 13.9 Å². The zero-order valence-electron chi connectivity index (χ0n) is 18.5. The molecule has 1 saturated heterocycles. The van der Waals surface area contributed by atoms with Crippen LogP contribution in [-0.2, 0) is 4.79 Å². The van der Waals surface area contributed by atoms with Gasteiger partial charge < -0.3 is 9.64 Å². The molecule has 0 atom stereocenters. The maximum Gasteiger partial charge on any atom is 0.233 e. The fourth-order valence-corrected chi connectivity index (χ4v) is 4.53. The molecule has 0 radical (unpaired) electrons. The predicted octanol–water partition coefficient (Wildman–Crippen LogP) is 2.55. The van der Waals surface area contributed by atoms with Crippen molar-refractivity contribution in [3.05, 3.63) is 60.4 Å². The first-order chi connectivity index (χ1) is 16.5. The number of nitrogens with zero attached hydrogens (tertiary/aromatic N) is 8. The van der Waals surface area contributed by atoms with Crippen LogP contribution in [0.2, 0.25) is 0 Å². The molecule has 0 aliphatic carbocycles. The summed E-state index contributed by atoms with van der Waals surface area (Å²) in [5.41, 5.74) is 1.98. The van der Waals surface area contributed by atoms with Gasteiger partial charge in [0.25, 0.3) is 0 Å². The van der Waals surface area contributed by atoms with Gasteiger partial charge in [0.1, 0.15) is 23.1 Å². The number of rotatable bonds is 7. The van der Waals surface area contributed by atoms with E-state index >= 15 is 0 Å². The SMILES string of the molecule is COc1cccc(-n2c(C)nnc2SCC(=O)N2CC(n3cc(-c4ccc(F)cn4)nn3)C2)c1. The summed E-state index contributed by atoms with van der Waals surface area (Å²) in [4.78, 5) is 18.5. The number of amides is 1. The predicted molar refractivity (Wildman–Crippen MR) is 122 cm³/mol. The average Bonchev–Trinajstić information content (AvgIpc) is 3.44. The molecule has 0 saturated carbocycles. The summed E-state index contributed by atoms with van der Waals surface area (Å²) in [6, 6.07) is 10.5. The van der Waals surface area contributed by atoms with Crippen LogP contribution in [0.5, 0.6) is 5.75 Å². The molecule has 0 unspecified atom stereocenters. The molecule has 12 heteroatoms. The summed E-state index contributed by atoms with van der Waals surface area (Å²) >= 11 is 1.35. The van der Waals surface area contributed by atoms with Gasteiger partial charge in [-0.15, -0.1) is 15.3 Å². The van der Waals surface area contributed by atoms with Gasteiger partial charge in [-0.3, -0.25) is 14.3 Å². The molecule has 1 aromatic carbocycles. The van der Waals surface area contributed by atoms with Gasteiger partial charge in [-0.05, 0) is 31.2 Å². The number of likely N-dealkylation sites (tertiary alicyclic amines) is 1. The molecule has 1 aliphatic heterocycles. The fourth-order valence-electron chi connectivity index (χ4n) is 3.63. The van der Waals surface area contributed by atoms with Crippen LogP contribution in [0.4, 0.5) is 4.39 Å². The van der Waals surface area contributed by atoms with Crippen molar-refractivity contribution in [2.75, 3.05) is 26.0 Å². The third-order valence-corrected chi connectivity index (χ3v) is 6.43. The van der Waals surface area contributed by atoms with Crippen molar-refractivity contribution in [3.63, 3.8) is 0 Å². The topological polar surface area (TPSA) is 104 Å². The molecule has 1 aliphatic rings. The van der Waals surface area contributed by atoms with Crippen LogP contribution in [-0.4, -0.2) is 71.5 Å². The molecular weight excluding hydrogens is 459 g/mol. The normalized spacial score (nSPS) is 13.7. The molecule has 3 aromatic heterocycles. The largest absolute Gasteiger partial charge is 0.497 e. The second kappa shape index (κ2) is 9.21. The van der Waals surface area contributed by atoms with E-state index < -0.39 is 5.82 Å². The summed E-state index contributed by atoms with van der Waals surface area (Å²) in [6.45, 7) is 2.95. The third kappa shape index (κ3) is 4.36. The summed E-state index contributed by atoms with van der Waals surface area (Å²) in [5.74, 6) is 1.32. The highest BCUT2D eigenvalue weighted by atomic mass is 32.2. The van der Waals surface area contributed by atoms with Gasteiger partial charge in [-0.1, -0.05) is 23.0 Å². The van der Waals surface area contributed by atoms with E-state index in [-0.39, 0.29) is 17.7 Å². The van der Waals surface area contributed by atoms with Crippen LogP contribution in [0.3, 0.4) is 0 Å². The van der Waals surface area contributed by atoms with Crippen molar-refractivity contribution in [1.29, 1.82) is 0 Å². The molecule has 0 N–H and O–H groups in total. The van der Waals surface area contributed by atoms with Crippen LogP contribution < -0.4 is 4.74 Å². The van der Waals surface area contributed by atoms with Crippen molar-refractivity contribution in [2.45, 2.75) is 18.1 Å². The molecule has 5 rings (SSSR count). The quantitative estimate of drug-likeness (QED) is 0.372. The molecule has 10 nitrogen and oxygen atoms in total. The molecule has 1 amide bonds. The highest BCUT2D eigenvalue weighted by molar-refractivity contribution is 7.99. The number of carbonyl (C=O) groups is 1. The van der Waals surface area contributed by atoms with Crippen molar-refractivity contribution in [1.82, 2.24) is 39.6 Å². The van der Waals surface area contributed by atoms with Crippen molar-refractivity contribution >= 4 is 17.7 Å². The summed E-state index contributed by atoms with van der Waals surface area (Å²) < 4.78 is 22.0. The number of halogens is 1. The number of benzene rings is 1. The highest BCUT2D eigenvalue weighted by Crippen LogP contribution is 2.27. The molecule has 4 aromatic rings. The number of methoxy groups -OCH3 is 1. The van der Waals surface area contributed by atoms with Crippen LogP contribution in [0.15, 0.2) is 53.9 Å². The summed E-state index contributed by atoms with van der Waals surface area (Å²) in [5, 5.41) is 17.3. The second-order valence-corrected chi connectivity index (χ2v) is 8.70. The minimum atomic E-state index is -0.404. The lowest BCUT2D eigenvalue weighted by molar-refractivity contribution is -0.134. The van der Waals surface area contributed by atoms with Crippen molar-refractivity contribution in [2.24, 2.45) is 0 Å². The number of ether oxygens (including phenoxy) is 1.